The van der Waals surface area contributed by atoms with Gasteiger partial charge in [-0.1, -0.05) is 6.07 Å². The quantitative estimate of drug-likeness (QED) is 0.903. The number of benzene rings is 1. The minimum absolute atomic E-state index is 0.113. The Morgan fingerprint density at radius 3 is 2.78 bits per heavy atom. The molecule has 2 N–H and O–H groups in total. The zero-order chi connectivity index (χ0) is 13.1. The maximum absolute atomic E-state index is 13.5. The molecule has 1 aromatic carbocycles. The first kappa shape index (κ1) is 12.5. The molecule has 0 aliphatic carbocycles. The zero-order valence-corrected chi connectivity index (χ0v) is 10.4. The van der Waals surface area contributed by atoms with Gasteiger partial charge in [0.05, 0.1) is 0 Å². The van der Waals surface area contributed by atoms with Gasteiger partial charge in [0, 0.05) is 18.3 Å². The average molecular weight is 246 g/mol. The fraction of sp³-hybridized carbons (Fsp3) is 0.214. The lowest BCUT2D eigenvalue weighted by molar-refractivity contribution is 0.426. The van der Waals surface area contributed by atoms with Crippen LogP contribution in [0.3, 0.4) is 0 Å². The zero-order valence-electron chi connectivity index (χ0n) is 10.4. The molecule has 1 atom stereocenters. The van der Waals surface area contributed by atoms with Gasteiger partial charge < -0.3 is 10.5 Å². The predicted molar refractivity (Wildman–Crippen MR) is 68.1 cm³/mol. The van der Waals surface area contributed by atoms with Crippen LogP contribution in [0.1, 0.15) is 24.1 Å². The van der Waals surface area contributed by atoms with Gasteiger partial charge in [0.1, 0.15) is 0 Å². The molecule has 0 saturated heterocycles. The van der Waals surface area contributed by atoms with E-state index >= 15 is 0 Å². The van der Waals surface area contributed by atoms with E-state index in [1.165, 1.54) is 6.07 Å². The summed E-state index contributed by atoms with van der Waals surface area (Å²) in [6.45, 7) is 3.74. The third kappa shape index (κ3) is 2.84. The smallest absolute Gasteiger partial charge is 0.219 e. The fourth-order valence-electron chi connectivity index (χ4n) is 1.57. The molecule has 0 bridgehead atoms. The Bertz CT molecular complexity index is 555. The topological polar surface area (TPSA) is 48.1 Å². The molecule has 0 aliphatic rings. The van der Waals surface area contributed by atoms with Crippen molar-refractivity contribution in [1.29, 1.82) is 0 Å². The maximum atomic E-state index is 13.5. The van der Waals surface area contributed by atoms with E-state index in [2.05, 4.69) is 4.98 Å². The van der Waals surface area contributed by atoms with Crippen molar-refractivity contribution in [2.75, 3.05) is 0 Å². The maximum Gasteiger partial charge on any atom is 0.219 e. The van der Waals surface area contributed by atoms with Gasteiger partial charge in [-0.15, -0.1) is 0 Å². The van der Waals surface area contributed by atoms with Gasteiger partial charge in [0.2, 0.25) is 5.88 Å². The molecule has 0 saturated carbocycles. The van der Waals surface area contributed by atoms with Crippen LogP contribution in [0.25, 0.3) is 0 Å². The number of rotatable bonds is 3. The van der Waals surface area contributed by atoms with Crippen LogP contribution in [-0.4, -0.2) is 4.98 Å². The molecule has 1 aromatic heterocycles. The minimum atomic E-state index is -0.409. The Hall–Kier alpha value is -1.94. The molecule has 3 nitrogen and oxygen atoms in total. The highest BCUT2D eigenvalue weighted by Gasteiger charge is 2.07. The number of halogens is 1. The van der Waals surface area contributed by atoms with Crippen LogP contribution >= 0.6 is 0 Å². The van der Waals surface area contributed by atoms with E-state index in [0.29, 0.717) is 5.88 Å². The van der Waals surface area contributed by atoms with E-state index < -0.39 is 5.82 Å². The highest BCUT2D eigenvalue weighted by atomic mass is 19.1. The molecular weight excluding hydrogens is 231 g/mol. The lowest BCUT2D eigenvalue weighted by Gasteiger charge is -2.09. The summed E-state index contributed by atoms with van der Waals surface area (Å²) in [7, 11) is 0. The molecule has 2 rings (SSSR count). The lowest BCUT2D eigenvalue weighted by Crippen LogP contribution is -2.05. The monoisotopic (exact) mass is 246 g/mol. The second kappa shape index (κ2) is 5.14. The third-order valence-electron chi connectivity index (χ3n) is 2.59. The van der Waals surface area contributed by atoms with Crippen LogP contribution in [0.4, 0.5) is 4.39 Å². The molecule has 0 aliphatic heterocycles. The largest absolute Gasteiger partial charge is 0.436 e. The van der Waals surface area contributed by atoms with Crippen LogP contribution in [0.2, 0.25) is 0 Å². The van der Waals surface area contributed by atoms with Gasteiger partial charge in [-0.05, 0) is 43.2 Å². The molecule has 18 heavy (non-hydrogen) atoms. The van der Waals surface area contributed by atoms with E-state index in [1.54, 1.807) is 24.4 Å². The Kier molecular flexibility index (Phi) is 3.58. The normalized spacial score (nSPS) is 12.2. The summed E-state index contributed by atoms with van der Waals surface area (Å²) < 4.78 is 19.0. The number of nitrogens with two attached hydrogens (primary N) is 1. The van der Waals surface area contributed by atoms with Crippen LogP contribution in [0.5, 0.6) is 11.6 Å². The van der Waals surface area contributed by atoms with Gasteiger partial charge in [-0.25, -0.2) is 9.37 Å². The summed E-state index contributed by atoms with van der Waals surface area (Å²) in [6, 6.07) is 8.11. The summed E-state index contributed by atoms with van der Waals surface area (Å²) in [5, 5.41) is 0. The number of aryl methyl sites for hydroxylation is 1. The summed E-state index contributed by atoms with van der Waals surface area (Å²) in [5.41, 5.74) is 7.59. The molecular formula is C14H15FN2O. The average Bonchev–Trinajstić information content (AvgIpc) is 2.34. The van der Waals surface area contributed by atoms with Crippen molar-refractivity contribution in [2.24, 2.45) is 5.73 Å². The molecule has 0 radical (unpaired) electrons. The van der Waals surface area contributed by atoms with Gasteiger partial charge >= 0.3 is 0 Å². The number of pyridine rings is 1. The SMILES string of the molecule is Cc1ccc(F)c(Oc2cc([C@@H](C)N)ccn2)c1. The highest BCUT2D eigenvalue weighted by Crippen LogP contribution is 2.25. The van der Waals surface area contributed by atoms with E-state index in [-0.39, 0.29) is 11.8 Å². The van der Waals surface area contributed by atoms with Crippen molar-refractivity contribution in [2.45, 2.75) is 19.9 Å². The van der Waals surface area contributed by atoms with Crippen molar-refractivity contribution >= 4 is 0 Å². The first-order chi connectivity index (χ1) is 8.56. The van der Waals surface area contributed by atoms with Gasteiger partial charge in [0.15, 0.2) is 11.6 Å². The van der Waals surface area contributed by atoms with Crippen LogP contribution in [0, 0.1) is 12.7 Å². The number of aromatic nitrogens is 1. The summed E-state index contributed by atoms with van der Waals surface area (Å²) in [4.78, 5) is 4.04. The van der Waals surface area contributed by atoms with Gasteiger partial charge in [-0.3, -0.25) is 0 Å². The van der Waals surface area contributed by atoms with Crippen molar-refractivity contribution < 1.29 is 9.13 Å². The van der Waals surface area contributed by atoms with Crippen LogP contribution in [-0.2, 0) is 0 Å². The molecule has 2 aromatic rings. The molecule has 94 valence electrons. The molecule has 0 amide bonds. The number of ether oxygens (including phenoxy) is 1. The summed E-state index contributed by atoms with van der Waals surface area (Å²) in [5.74, 6) is 0.104. The predicted octanol–water partition coefficient (Wildman–Crippen LogP) is 3.34. The Labute approximate surface area is 105 Å². The molecule has 1 heterocycles. The standard InChI is InChI=1S/C14H15FN2O/c1-9-3-4-12(15)13(7-9)18-14-8-11(10(2)16)5-6-17-14/h3-8,10H,16H2,1-2H3/t10-/m1/s1. The number of hydrogen-bond acceptors (Lipinski definition) is 3. The molecule has 4 heteroatoms. The second-order valence-electron chi connectivity index (χ2n) is 4.25. The summed E-state index contributed by atoms with van der Waals surface area (Å²) >= 11 is 0. The molecule has 0 spiro atoms. The second-order valence-corrected chi connectivity index (χ2v) is 4.25. The van der Waals surface area contributed by atoms with Crippen LogP contribution in [0.15, 0.2) is 36.5 Å². The van der Waals surface area contributed by atoms with Crippen molar-refractivity contribution in [3.05, 3.63) is 53.5 Å². The Balaban J connectivity index is 2.28. The van der Waals surface area contributed by atoms with Crippen molar-refractivity contribution in [3.63, 3.8) is 0 Å². The van der Waals surface area contributed by atoms with E-state index in [4.69, 9.17) is 10.5 Å². The van der Waals surface area contributed by atoms with E-state index in [9.17, 15) is 4.39 Å². The van der Waals surface area contributed by atoms with E-state index in [0.717, 1.165) is 11.1 Å². The Morgan fingerprint density at radius 1 is 1.28 bits per heavy atom. The summed E-state index contributed by atoms with van der Waals surface area (Å²) in [6.07, 6.45) is 1.60. The van der Waals surface area contributed by atoms with Gasteiger partial charge in [0.25, 0.3) is 0 Å². The number of nitrogens with zero attached hydrogens (tertiary/aromatic N) is 1. The van der Waals surface area contributed by atoms with Crippen molar-refractivity contribution in [3.8, 4) is 11.6 Å². The Morgan fingerprint density at radius 2 is 2.06 bits per heavy atom. The molecule has 0 fully saturated rings. The highest BCUT2D eigenvalue weighted by molar-refractivity contribution is 5.33. The van der Waals surface area contributed by atoms with Crippen molar-refractivity contribution in [1.82, 2.24) is 4.98 Å². The van der Waals surface area contributed by atoms with Crippen LogP contribution < -0.4 is 10.5 Å². The van der Waals surface area contributed by atoms with E-state index in [1.807, 2.05) is 19.9 Å². The lowest BCUT2D eigenvalue weighted by atomic mass is 10.1. The first-order valence-electron chi connectivity index (χ1n) is 5.72. The first-order valence-corrected chi connectivity index (χ1v) is 5.72. The number of hydrogen-bond donors (Lipinski definition) is 1. The van der Waals surface area contributed by atoms with Gasteiger partial charge in [-0.2, -0.15) is 0 Å². The fourth-order valence-corrected chi connectivity index (χ4v) is 1.57. The minimum Gasteiger partial charge on any atom is -0.436 e. The molecule has 0 unspecified atom stereocenters. The third-order valence-corrected chi connectivity index (χ3v) is 2.59.